The molecule has 3 aliphatic rings. The van der Waals surface area contributed by atoms with Gasteiger partial charge in [0, 0.05) is 42.9 Å². The molecule has 1 aromatic rings. The number of nitrogens with two attached hydrogens (primary N) is 1. The third kappa shape index (κ3) is 2.90. The van der Waals surface area contributed by atoms with Crippen LogP contribution < -0.4 is 5.73 Å². The number of amides is 1. The van der Waals surface area contributed by atoms with E-state index in [-0.39, 0.29) is 40.4 Å². The quantitative estimate of drug-likeness (QED) is 0.362. The molecular weight excluding hydrogens is 456 g/mol. The second-order valence-corrected chi connectivity index (χ2v) is 9.46. The molecular formula is C22H23ClN2O8. The summed E-state index contributed by atoms with van der Waals surface area (Å²) in [6, 6.07) is 2.66. The monoisotopic (exact) mass is 478 g/mol. The topological polar surface area (TPSA) is 167 Å². The standard InChI is InChI=1S/C22H23ClN2O8/c1-21(15-10(23)4-5-11(26)13(15)20(31)33-21)8-6-9-16(25(2)3)17(28)14(19(24)30)18(29)22(9,32)12(27)7-8/h4-5,8-9,14,26,28,32H,6-7H2,1-3H3,(H2,24,30)/t8-,9-,14?,21-,22-/m0/s1. The molecule has 2 aliphatic carbocycles. The number of phenols is 1. The van der Waals surface area contributed by atoms with E-state index in [1.54, 1.807) is 6.92 Å². The van der Waals surface area contributed by atoms with Crippen molar-refractivity contribution in [2.45, 2.75) is 31.0 Å². The molecule has 1 heterocycles. The van der Waals surface area contributed by atoms with Crippen molar-refractivity contribution in [2.24, 2.45) is 23.5 Å². The van der Waals surface area contributed by atoms with Crippen molar-refractivity contribution in [3.05, 3.63) is 39.7 Å². The van der Waals surface area contributed by atoms with E-state index < -0.39 is 58.2 Å². The molecule has 1 aromatic carbocycles. The Balaban J connectivity index is 1.87. The number of benzene rings is 1. The highest BCUT2D eigenvalue weighted by Gasteiger charge is 2.65. The minimum Gasteiger partial charge on any atom is -0.509 e. The Morgan fingerprint density at radius 2 is 1.88 bits per heavy atom. The number of primary amides is 1. The number of Topliss-reactive ketones (excluding diaryl/α,β-unsaturated/α-hetero) is 2. The van der Waals surface area contributed by atoms with Gasteiger partial charge >= 0.3 is 5.97 Å². The molecule has 11 heteroatoms. The largest absolute Gasteiger partial charge is 0.509 e. The molecule has 5 atom stereocenters. The summed E-state index contributed by atoms with van der Waals surface area (Å²) in [5.74, 6) is -8.93. The van der Waals surface area contributed by atoms with Gasteiger partial charge in [0.1, 0.15) is 22.7 Å². The fourth-order valence-electron chi connectivity index (χ4n) is 5.47. The Kier molecular flexibility index (Phi) is 5.03. The minimum atomic E-state index is -2.59. The van der Waals surface area contributed by atoms with Crippen molar-refractivity contribution < 1.29 is 39.2 Å². The number of esters is 1. The van der Waals surface area contributed by atoms with Crippen LogP contribution in [-0.4, -0.2) is 63.4 Å². The number of aromatic hydroxyl groups is 1. The third-order valence-electron chi connectivity index (χ3n) is 7.07. The average molecular weight is 479 g/mol. The zero-order valence-corrected chi connectivity index (χ0v) is 18.8. The molecule has 0 bridgehead atoms. The molecule has 0 aromatic heterocycles. The van der Waals surface area contributed by atoms with Crippen LogP contribution in [0.4, 0.5) is 0 Å². The van der Waals surface area contributed by atoms with Crippen LogP contribution in [0.15, 0.2) is 23.6 Å². The van der Waals surface area contributed by atoms with Gasteiger partial charge in [0.15, 0.2) is 23.1 Å². The van der Waals surface area contributed by atoms with Crippen LogP contribution in [0, 0.1) is 17.8 Å². The van der Waals surface area contributed by atoms with Gasteiger partial charge in [-0.3, -0.25) is 14.4 Å². The summed E-state index contributed by atoms with van der Waals surface area (Å²) < 4.78 is 5.62. The van der Waals surface area contributed by atoms with E-state index in [4.69, 9.17) is 22.1 Å². The molecule has 0 spiro atoms. The van der Waals surface area contributed by atoms with Gasteiger partial charge < -0.3 is 30.7 Å². The smallest absolute Gasteiger partial charge is 0.343 e. The number of fused-ring (bicyclic) bond motifs is 2. The lowest BCUT2D eigenvalue weighted by Crippen LogP contribution is -2.65. The highest BCUT2D eigenvalue weighted by Crippen LogP contribution is 2.55. The van der Waals surface area contributed by atoms with Gasteiger partial charge in [0.25, 0.3) is 0 Å². The highest BCUT2D eigenvalue weighted by atomic mass is 35.5. The summed E-state index contributed by atoms with van der Waals surface area (Å²) in [6.07, 6.45) is -0.465. The molecule has 4 rings (SSSR count). The summed E-state index contributed by atoms with van der Waals surface area (Å²) in [7, 11) is 3.05. The van der Waals surface area contributed by atoms with Crippen LogP contribution >= 0.6 is 11.6 Å². The normalized spacial score (nSPS) is 33.5. The number of rotatable bonds is 3. The second-order valence-electron chi connectivity index (χ2n) is 9.06. The maximum absolute atomic E-state index is 13.3. The SMILES string of the molecule is CN(C)C1=C(O)C(C(N)=O)C(=O)[C@@]2(O)C(=O)C[C@@H]([C@]3(C)OC(=O)c4c(O)ccc(Cl)c43)C[C@@H]12. The van der Waals surface area contributed by atoms with Gasteiger partial charge in [-0.05, 0) is 25.5 Å². The van der Waals surface area contributed by atoms with Gasteiger partial charge in [-0.25, -0.2) is 4.79 Å². The van der Waals surface area contributed by atoms with Crippen molar-refractivity contribution in [3.8, 4) is 5.75 Å². The van der Waals surface area contributed by atoms with Gasteiger partial charge in [0.05, 0.1) is 5.70 Å². The lowest BCUT2D eigenvalue weighted by Gasteiger charge is -2.49. The number of ether oxygens (including phenoxy) is 1. The van der Waals surface area contributed by atoms with Crippen molar-refractivity contribution in [3.63, 3.8) is 0 Å². The first-order chi connectivity index (χ1) is 15.3. The first kappa shape index (κ1) is 23.1. The zero-order valence-electron chi connectivity index (χ0n) is 18.1. The van der Waals surface area contributed by atoms with Crippen molar-refractivity contribution >= 4 is 35.0 Å². The predicted molar refractivity (Wildman–Crippen MR) is 113 cm³/mol. The van der Waals surface area contributed by atoms with E-state index in [1.165, 1.54) is 31.1 Å². The number of nitrogens with zero attached hydrogens (tertiary/aromatic N) is 1. The van der Waals surface area contributed by atoms with Gasteiger partial charge in [-0.15, -0.1) is 0 Å². The van der Waals surface area contributed by atoms with E-state index in [9.17, 15) is 34.5 Å². The van der Waals surface area contributed by atoms with E-state index in [0.717, 1.165) is 0 Å². The van der Waals surface area contributed by atoms with E-state index in [2.05, 4.69) is 0 Å². The fraction of sp³-hybridized carbons (Fsp3) is 0.455. The van der Waals surface area contributed by atoms with E-state index >= 15 is 0 Å². The number of hydrogen-bond acceptors (Lipinski definition) is 9. The highest BCUT2D eigenvalue weighted by molar-refractivity contribution is 6.32. The molecule has 1 amide bonds. The van der Waals surface area contributed by atoms with Crippen LogP contribution in [-0.2, 0) is 24.7 Å². The maximum atomic E-state index is 13.3. The molecule has 176 valence electrons. The predicted octanol–water partition coefficient (Wildman–Crippen LogP) is 0.773. The first-order valence-electron chi connectivity index (χ1n) is 10.2. The van der Waals surface area contributed by atoms with Crippen LogP contribution in [0.3, 0.4) is 0 Å². The molecule has 1 fully saturated rings. The molecule has 1 aliphatic heterocycles. The van der Waals surface area contributed by atoms with Gasteiger partial charge in [0.2, 0.25) is 5.91 Å². The maximum Gasteiger partial charge on any atom is 0.343 e. The van der Waals surface area contributed by atoms with Crippen molar-refractivity contribution in [1.82, 2.24) is 4.90 Å². The molecule has 0 saturated heterocycles. The van der Waals surface area contributed by atoms with Crippen molar-refractivity contribution in [2.75, 3.05) is 14.1 Å². The lowest BCUT2D eigenvalue weighted by molar-refractivity contribution is -0.171. The number of hydrogen-bond donors (Lipinski definition) is 4. The van der Waals surface area contributed by atoms with E-state index in [1.807, 2.05) is 0 Å². The number of aliphatic hydroxyl groups is 2. The van der Waals surface area contributed by atoms with E-state index in [0.29, 0.717) is 0 Å². The lowest BCUT2D eigenvalue weighted by atomic mass is 9.58. The number of cyclic esters (lactones) is 1. The number of carbonyl (C=O) groups excluding carboxylic acids is 4. The zero-order chi connectivity index (χ0) is 24.6. The number of ketones is 2. The van der Waals surface area contributed by atoms with Gasteiger partial charge in [-0.1, -0.05) is 11.6 Å². The van der Waals surface area contributed by atoms with Crippen molar-refractivity contribution in [1.29, 1.82) is 0 Å². The van der Waals surface area contributed by atoms with Crippen LogP contribution in [0.1, 0.15) is 35.7 Å². The molecule has 5 N–H and O–H groups in total. The van der Waals surface area contributed by atoms with Crippen LogP contribution in [0.2, 0.25) is 5.02 Å². The van der Waals surface area contributed by atoms with Crippen LogP contribution in [0.25, 0.3) is 0 Å². The Hall–Kier alpha value is -3.11. The summed E-state index contributed by atoms with van der Waals surface area (Å²) >= 11 is 6.35. The van der Waals surface area contributed by atoms with Gasteiger partial charge in [-0.2, -0.15) is 0 Å². The minimum absolute atomic E-state index is 0.00843. The summed E-state index contributed by atoms with van der Waals surface area (Å²) in [5.41, 5.74) is 1.34. The summed E-state index contributed by atoms with van der Waals surface area (Å²) in [6.45, 7) is 1.54. The summed E-state index contributed by atoms with van der Waals surface area (Å²) in [4.78, 5) is 52.2. The Morgan fingerprint density at radius 1 is 1.24 bits per heavy atom. The van der Waals surface area contributed by atoms with Crippen LogP contribution in [0.5, 0.6) is 5.75 Å². The second kappa shape index (κ2) is 7.19. The molecule has 1 unspecified atom stereocenters. The molecule has 10 nitrogen and oxygen atoms in total. The Labute approximate surface area is 193 Å². The third-order valence-corrected chi connectivity index (χ3v) is 7.38. The average Bonchev–Trinajstić information content (AvgIpc) is 2.99. The number of aliphatic hydroxyl groups excluding tert-OH is 1. The Morgan fingerprint density at radius 3 is 2.45 bits per heavy atom. The summed E-state index contributed by atoms with van der Waals surface area (Å²) in [5, 5.41) is 32.4. The molecule has 33 heavy (non-hydrogen) atoms. The first-order valence-corrected chi connectivity index (χ1v) is 10.6. The Bertz CT molecular complexity index is 1160. The number of halogens is 1. The number of carbonyl (C=O) groups is 4. The fourth-order valence-corrected chi connectivity index (χ4v) is 5.81. The number of phenolic OH excluding ortho intramolecular Hbond substituents is 1. The molecule has 0 radical (unpaired) electrons. The molecule has 1 saturated carbocycles.